The van der Waals surface area contributed by atoms with Crippen LogP contribution in [0.3, 0.4) is 0 Å². The zero-order valence-corrected chi connectivity index (χ0v) is 14.6. The molecule has 10 heteroatoms. The average Bonchev–Trinajstić information content (AvgIpc) is 2.44. The molecule has 0 saturated heterocycles. The molecule has 1 N–H and O–H groups in total. The van der Waals surface area contributed by atoms with Gasteiger partial charge in [0.15, 0.2) is 0 Å². The van der Waals surface area contributed by atoms with Gasteiger partial charge in [-0.25, -0.2) is 8.42 Å². The maximum atomic E-state index is 12.4. The number of nitro benzene ring substituents is 1. The van der Waals surface area contributed by atoms with Crippen LogP contribution < -0.4 is 4.72 Å². The van der Waals surface area contributed by atoms with Crippen LogP contribution in [0.25, 0.3) is 0 Å². The minimum absolute atomic E-state index is 0.0261. The Balaban J connectivity index is 2.50. The highest BCUT2D eigenvalue weighted by atomic mass is 35.5. The summed E-state index contributed by atoms with van der Waals surface area (Å²) in [4.78, 5) is 9.96. The van der Waals surface area contributed by atoms with Gasteiger partial charge in [0.1, 0.15) is 0 Å². The second-order valence-electron chi connectivity index (χ2n) is 4.54. The van der Waals surface area contributed by atoms with Crippen molar-refractivity contribution in [2.24, 2.45) is 0 Å². The SMILES string of the molecule is Cc1c(Cl)cc(S(=O)(=O)Nc2ccc(Cl)cc2Cl)cc1[N+](=O)[O-]. The molecule has 0 saturated carbocycles. The van der Waals surface area contributed by atoms with E-state index in [1.54, 1.807) is 0 Å². The second kappa shape index (κ2) is 6.52. The van der Waals surface area contributed by atoms with E-state index in [9.17, 15) is 18.5 Å². The molecule has 0 fully saturated rings. The van der Waals surface area contributed by atoms with Crippen LogP contribution in [0.1, 0.15) is 5.56 Å². The third-order valence-corrected chi connectivity index (χ3v) is 5.26. The lowest BCUT2D eigenvalue weighted by Gasteiger charge is -2.11. The molecule has 0 aromatic heterocycles. The molecule has 2 aromatic carbocycles. The van der Waals surface area contributed by atoms with Gasteiger partial charge in [-0.1, -0.05) is 34.8 Å². The number of halogens is 3. The third kappa shape index (κ3) is 3.87. The normalized spacial score (nSPS) is 11.3. The maximum Gasteiger partial charge on any atom is 0.275 e. The minimum Gasteiger partial charge on any atom is -0.278 e. The average molecular weight is 396 g/mol. The van der Waals surface area contributed by atoms with Crippen LogP contribution >= 0.6 is 34.8 Å². The van der Waals surface area contributed by atoms with E-state index in [4.69, 9.17) is 34.8 Å². The van der Waals surface area contributed by atoms with Gasteiger partial charge in [-0.3, -0.25) is 14.8 Å². The Hall–Kier alpha value is -1.54. The highest BCUT2D eigenvalue weighted by molar-refractivity contribution is 7.92. The predicted octanol–water partition coefficient (Wildman–Crippen LogP) is 4.66. The largest absolute Gasteiger partial charge is 0.278 e. The van der Waals surface area contributed by atoms with Gasteiger partial charge in [0.2, 0.25) is 0 Å². The topological polar surface area (TPSA) is 89.3 Å². The van der Waals surface area contributed by atoms with Gasteiger partial charge in [0, 0.05) is 16.7 Å². The van der Waals surface area contributed by atoms with Crippen molar-refractivity contribution < 1.29 is 13.3 Å². The maximum absolute atomic E-state index is 12.4. The molecule has 0 amide bonds. The van der Waals surface area contributed by atoms with E-state index in [1.165, 1.54) is 25.1 Å². The lowest BCUT2D eigenvalue weighted by atomic mass is 10.2. The molecule has 0 heterocycles. The van der Waals surface area contributed by atoms with E-state index in [0.717, 1.165) is 12.1 Å². The molecule has 0 spiro atoms. The van der Waals surface area contributed by atoms with Gasteiger partial charge in [0.05, 0.1) is 25.6 Å². The van der Waals surface area contributed by atoms with E-state index in [1.807, 2.05) is 0 Å². The highest BCUT2D eigenvalue weighted by Crippen LogP contribution is 2.32. The molecule has 2 rings (SSSR count). The minimum atomic E-state index is -4.11. The predicted molar refractivity (Wildman–Crippen MR) is 90.1 cm³/mol. The van der Waals surface area contributed by atoms with Crippen molar-refractivity contribution in [3.8, 4) is 0 Å². The Morgan fingerprint density at radius 2 is 1.74 bits per heavy atom. The molecule has 0 atom stereocenters. The first-order chi connectivity index (χ1) is 10.6. The quantitative estimate of drug-likeness (QED) is 0.602. The molecule has 6 nitrogen and oxygen atoms in total. The molecule has 0 bridgehead atoms. The fraction of sp³-hybridized carbons (Fsp3) is 0.0769. The van der Waals surface area contributed by atoms with Gasteiger partial charge < -0.3 is 0 Å². The molecular formula is C13H9Cl3N2O4S. The number of hydrogen-bond acceptors (Lipinski definition) is 4. The van der Waals surface area contributed by atoms with Crippen LogP contribution in [0, 0.1) is 17.0 Å². The number of nitro groups is 1. The summed E-state index contributed by atoms with van der Waals surface area (Å²) in [5.41, 5.74) is -0.115. The first-order valence-corrected chi connectivity index (χ1v) is 8.66. The molecule has 122 valence electrons. The van der Waals surface area contributed by atoms with Crippen LogP contribution in [0.15, 0.2) is 35.2 Å². The molecule has 0 aliphatic heterocycles. The summed E-state index contributed by atoms with van der Waals surface area (Å²) in [7, 11) is -4.11. The number of anilines is 1. The van der Waals surface area contributed by atoms with E-state index in [2.05, 4.69) is 4.72 Å². The van der Waals surface area contributed by atoms with Crippen molar-refractivity contribution in [1.29, 1.82) is 0 Å². The standard InChI is InChI=1S/C13H9Cl3N2O4S/c1-7-10(15)5-9(6-13(7)18(19)20)23(21,22)17-12-3-2-8(14)4-11(12)16/h2-6,17H,1H3. The van der Waals surface area contributed by atoms with E-state index in [-0.39, 0.29) is 31.9 Å². The molecule has 0 radical (unpaired) electrons. The Labute approximate surface area is 147 Å². The zero-order chi connectivity index (χ0) is 17.4. The fourth-order valence-electron chi connectivity index (χ4n) is 1.76. The molecule has 23 heavy (non-hydrogen) atoms. The summed E-state index contributed by atoms with van der Waals surface area (Å²) in [5, 5.41) is 11.4. The first-order valence-electron chi connectivity index (χ1n) is 6.04. The number of hydrogen-bond donors (Lipinski definition) is 1. The molecule has 0 aliphatic carbocycles. The summed E-state index contributed by atoms with van der Waals surface area (Å²) < 4.78 is 27.0. The van der Waals surface area contributed by atoms with Gasteiger partial charge in [-0.2, -0.15) is 0 Å². The summed E-state index contributed by atoms with van der Waals surface area (Å²) in [6.07, 6.45) is 0. The van der Waals surface area contributed by atoms with Crippen LogP contribution in [0.2, 0.25) is 15.1 Å². The molecule has 0 unspecified atom stereocenters. The number of benzene rings is 2. The molecular weight excluding hydrogens is 387 g/mol. The fourth-order valence-corrected chi connectivity index (χ4v) is 3.68. The van der Waals surface area contributed by atoms with Crippen LogP contribution in [0.5, 0.6) is 0 Å². The third-order valence-electron chi connectivity index (χ3n) is 2.97. The zero-order valence-electron chi connectivity index (χ0n) is 11.5. The molecule has 2 aromatic rings. The number of rotatable bonds is 4. The Morgan fingerprint density at radius 3 is 2.30 bits per heavy atom. The van der Waals surface area contributed by atoms with Crippen molar-refractivity contribution in [3.05, 3.63) is 61.1 Å². The van der Waals surface area contributed by atoms with Gasteiger partial charge in [0.25, 0.3) is 15.7 Å². The first kappa shape index (κ1) is 17.8. The van der Waals surface area contributed by atoms with E-state index < -0.39 is 14.9 Å². The lowest BCUT2D eigenvalue weighted by Crippen LogP contribution is -2.14. The lowest BCUT2D eigenvalue weighted by molar-refractivity contribution is -0.385. The van der Waals surface area contributed by atoms with Gasteiger partial charge in [-0.15, -0.1) is 0 Å². The summed E-state index contributed by atoms with van der Waals surface area (Å²) in [6.45, 7) is 1.43. The summed E-state index contributed by atoms with van der Waals surface area (Å²) in [6, 6.07) is 6.28. The highest BCUT2D eigenvalue weighted by Gasteiger charge is 2.23. The van der Waals surface area contributed by atoms with Crippen LogP contribution in [0.4, 0.5) is 11.4 Å². The van der Waals surface area contributed by atoms with Crippen molar-refractivity contribution >= 4 is 56.2 Å². The van der Waals surface area contributed by atoms with Gasteiger partial charge >= 0.3 is 0 Å². The Morgan fingerprint density at radius 1 is 1.09 bits per heavy atom. The Bertz CT molecular complexity index is 900. The van der Waals surface area contributed by atoms with E-state index in [0.29, 0.717) is 5.02 Å². The van der Waals surface area contributed by atoms with Crippen molar-refractivity contribution in [2.75, 3.05) is 4.72 Å². The van der Waals surface area contributed by atoms with E-state index >= 15 is 0 Å². The van der Waals surface area contributed by atoms with Crippen molar-refractivity contribution in [2.45, 2.75) is 11.8 Å². The Kier molecular flexibility index (Phi) is 5.05. The van der Waals surface area contributed by atoms with Gasteiger partial charge in [-0.05, 0) is 31.2 Å². The summed E-state index contributed by atoms with van der Waals surface area (Å²) >= 11 is 17.5. The van der Waals surface area contributed by atoms with Crippen LogP contribution in [-0.4, -0.2) is 13.3 Å². The second-order valence-corrected chi connectivity index (χ2v) is 7.47. The monoisotopic (exact) mass is 394 g/mol. The van der Waals surface area contributed by atoms with Crippen LogP contribution in [-0.2, 0) is 10.0 Å². The van der Waals surface area contributed by atoms with Crippen molar-refractivity contribution in [1.82, 2.24) is 0 Å². The number of nitrogens with one attached hydrogen (secondary N) is 1. The van der Waals surface area contributed by atoms with Crippen molar-refractivity contribution in [3.63, 3.8) is 0 Å². The number of nitrogens with zero attached hydrogens (tertiary/aromatic N) is 1. The summed E-state index contributed by atoms with van der Waals surface area (Å²) in [5.74, 6) is 0. The molecule has 0 aliphatic rings. The number of sulfonamides is 1. The smallest absolute Gasteiger partial charge is 0.275 e.